The number of fused-ring (bicyclic) bond motifs is 1. The quantitative estimate of drug-likeness (QED) is 0.494. The summed E-state index contributed by atoms with van der Waals surface area (Å²) in [6.45, 7) is 2.74. The van der Waals surface area contributed by atoms with Gasteiger partial charge >= 0.3 is 0 Å². The second-order valence-electron chi connectivity index (χ2n) is 3.44. The number of rotatable bonds is 0. The van der Waals surface area contributed by atoms with Crippen molar-refractivity contribution in [3.63, 3.8) is 0 Å². The Balaban J connectivity index is 2.25. The highest BCUT2D eigenvalue weighted by Gasteiger charge is 2.28. The topological polar surface area (TPSA) is 20.3 Å². The summed E-state index contributed by atoms with van der Waals surface area (Å²) in [7, 11) is 0. The highest BCUT2D eigenvalue weighted by molar-refractivity contribution is 5.82. The Labute approximate surface area is 72.6 Å². The van der Waals surface area contributed by atoms with E-state index in [1.54, 1.807) is 0 Å². The molecule has 2 aliphatic heterocycles. The first kappa shape index (κ1) is 7.59. The van der Waals surface area contributed by atoms with Crippen molar-refractivity contribution < 1.29 is 4.79 Å². The van der Waals surface area contributed by atoms with Crippen LogP contribution in [0.2, 0.25) is 0 Å². The lowest BCUT2D eigenvalue weighted by molar-refractivity contribution is -0.135. The number of nitrogens with zero attached hydrogens (tertiary/aromatic N) is 1. The van der Waals surface area contributed by atoms with Crippen LogP contribution in [-0.2, 0) is 4.79 Å². The monoisotopic (exact) mass is 163 g/mol. The highest BCUT2D eigenvalue weighted by atomic mass is 16.2. The second kappa shape index (κ2) is 2.77. The molecule has 0 saturated heterocycles. The molecule has 0 fully saturated rings. The molecule has 0 N–H and O–H groups in total. The predicted molar refractivity (Wildman–Crippen MR) is 47.6 cm³/mol. The van der Waals surface area contributed by atoms with E-state index in [4.69, 9.17) is 0 Å². The van der Waals surface area contributed by atoms with Gasteiger partial charge in [-0.1, -0.05) is 31.2 Å². The average Bonchev–Trinajstić information content (AvgIpc) is 2.12. The lowest BCUT2D eigenvalue weighted by Crippen LogP contribution is -2.45. The van der Waals surface area contributed by atoms with Crippen LogP contribution >= 0.6 is 0 Å². The van der Waals surface area contributed by atoms with Gasteiger partial charge in [-0.05, 0) is 6.42 Å². The van der Waals surface area contributed by atoms with Crippen LogP contribution in [0, 0.1) is 5.92 Å². The zero-order valence-corrected chi connectivity index (χ0v) is 7.23. The summed E-state index contributed by atoms with van der Waals surface area (Å²) >= 11 is 0. The molecule has 0 bridgehead atoms. The number of hydrogen-bond acceptors (Lipinski definition) is 1. The fraction of sp³-hybridized carbons (Fsp3) is 0.500. The summed E-state index contributed by atoms with van der Waals surface area (Å²) in [5.41, 5.74) is 0. The van der Waals surface area contributed by atoms with Crippen LogP contribution in [0.1, 0.15) is 13.3 Å². The predicted octanol–water partition coefficient (Wildman–Crippen LogP) is 1.35. The summed E-state index contributed by atoms with van der Waals surface area (Å²) in [6, 6.07) is 0.332. The molecule has 0 aliphatic carbocycles. The first-order chi connectivity index (χ1) is 5.79. The molecule has 0 aromatic heterocycles. The van der Waals surface area contributed by atoms with Crippen molar-refractivity contribution >= 4 is 5.91 Å². The Bertz CT molecular complexity index is 255. The Kier molecular flexibility index (Phi) is 1.75. The third-order valence-corrected chi connectivity index (χ3v) is 2.54. The first-order valence-corrected chi connectivity index (χ1v) is 4.43. The largest absolute Gasteiger partial charge is 0.332 e. The van der Waals surface area contributed by atoms with E-state index < -0.39 is 0 Å². The zero-order chi connectivity index (χ0) is 8.55. The molecule has 2 atom stereocenters. The molecule has 0 aromatic rings. The van der Waals surface area contributed by atoms with Crippen molar-refractivity contribution in [3.05, 3.63) is 24.3 Å². The Morgan fingerprint density at radius 3 is 3.08 bits per heavy atom. The van der Waals surface area contributed by atoms with Gasteiger partial charge in [-0.2, -0.15) is 0 Å². The Hall–Kier alpha value is -1.05. The summed E-state index contributed by atoms with van der Waals surface area (Å²) in [6.07, 6.45) is 9.36. The molecule has 0 radical (unpaired) electrons. The van der Waals surface area contributed by atoms with E-state index in [1.807, 2.05) is 17.9 Å². The summed E-state index contributed by atoms with van der Waals surface area (Å²) < 4.78 is 0. The van der Waals surface area contributed by atoms with Gasteiger partial charge < -0.3 is 4.90 Å². The van der Waals surface area contributed by atoms with Crippen molar-refractivity contribution in [1.82, 2.24) is 4.90 Å². The minimum Gasteiger partial charge on any atom is -0.332 e. The smallest absolute Gasteiger partial charge is 0.229 e. The molecule has 2 heteroatoms. The second-order valence-corrected chi connectivity index (χ2v) is 3.44. The minimum atomic E-state index is 0.0766. The van der Waals surface area contributed by atoms with Crippen LogP contribution in [0.25, 0.3) is 0 Å². The van der Waals surface area contributed by atoms with Crippen molar-refractivity contribution in [3.8, 4) is 0 Å². The third kappa shape index (κ3) is 1.07. The van der Waals surface area contributed by atoms with Crippen molar-refractivity contribution in [2.45, 2.75) is 19.4 Å². The van der Waals surface area contributed by atoms with Gasteiger partial charge in [0.05, 0.1) is 12.0 Å². The Morgan fingerprint density at radius 2 is 2.25 bits per heavy atom. The van der Waals surface area contributed by atoms with Gasteiger partial charge in [-0.3, -0.25) is 4.79 Å². The molecule has 2 rings (SSSR count). The van der Waals surface area contributed by atoms with Crippen molar-refractivity contribution in [1.29, 1.82) is 0 Å². The molecule has 0 saturated carbocycles. The van der Waals surface area contributed by atoms with E-state index in [0.29, 0.717) is 6.04 Å². The van der Waals surface area contributed by atoms with Crippen LogP contribution in [0.5, 0.6) is 0 Å². The lowest BCUT2D eigenvalue weighted by Gasteiger charge is -2.35. The first-order valence-electron chi connectivity index (χ1n) is 4.43. The molecular formula is C10H13NO. The molecule has 0 spiro atoms. The minimum absolute atomic E-state index is 0.0766. The van der Waals surface area contributed by atoms with Crippen LogP contribution in [0.3, 0.4) is 0 Å². The summed E-state index contributed by atoms with van der Waals surface area (Å²) in [5, 5.41) is 0. The van der Waals surface area contributed by atoms with Crippen LogP contribution < -0.4 is 0 Å². The SMILES string of the molecule is C[C@@H]1C=C[C@@H]2CC=CCN2C1=O. The third-order valence-electron chi connectivity index (χ3n) is 2.54. The molecular weight excluding hydrogens is 150 g/mol. The molecule has 2 heterocycles. The fourth-order valence-electron chi connectivity index (χ4n) is 1.76. The van der Waals surface area contributed by atoms with E-state index in [0.717, 1.165) is 13.0 Å². The van der Waals surface area contributed by atoms with Crippen LogP contribution in [0.4, 0.5) is 0 Å². The molecule has 0 aromatic carbocycles. The van der Waals surface area contributed by atoms with Gasteiger partial charge in [0.2, 0.25) is 5.91 Å². The van der Waals surface area contributed by atoms with E-state index >= 15 is 0 Å². The highest BCUT2D eigenvalue weighted by Crippen LogP contribution is 2.21. The van der Waals surface area contributed by atoms with Gasteiger partial charge in [0.25, 0.3) is 0 Å². The molecule has 1 amide bonds. The van der Waals surface area contributed by atoms with E-state index in [-0.39, 0.29) is 11.8 Å². The standard InChI is InChI=1S/C10H13NO/c1-8-5-6-9-4-2-3-7-11(9)10(8)12/h2-3,5-6,8-9H,4,7H2,1H3/t8-,9+/m1/s1. The molecule has 64 valence electrons. The van der Waals surface area contributed by atoms with E-state index in [2.05, 4.69) is 18.2 Å². The summed E-state index contributed by atoms with van der Waals surface area (Å²) in [5.74, 6) is 0.347. The van der Waals surface area contributed by atoms with Crippen molar-refractivity contribution in [2.75, 3.05) is 6.54 Å². The number of carbonyl (C=O) groups is 1. The van der Waals surface area contributed by atoms with Gasteiger partial charge in [0.1, 0.15) is 0 Å². The maximum absolute atomic E-state index is 11.6. The molecule has 2 aliphatic rings. The number of hydrogen-bond donors (Lipinski definition) is 0. The molecule has 2 nitrogen and oxygen atoms in total. The van der Waals surface area contributed by atoms with Crippen molar-refractivity contribution in [2.24, 2.45) is 5.92 Å². The lowest BCUT2D eigenvalue weighted by atomic mass is 9.97. The van der Waals surface area contributed by atoms with E-state index in [9.17, 15) is 4.79 Å². The van der Waals surface area contributed by atoms with Gasteiger partial charge in [0, 0.05) is 6.54 Å². The normalized spacial score (nSPS) is 33.8. The fourth-order valence-corrected chi connectivity index (χ4v) is 1.76. The van der Waals surface area contributed by atoms with Gasteiger partial charge in [0.15, 0.2) is 0 Å². The number of amides is 1. The van der Waals surface area contributed by atoms with Gasteiger partial charge in [-0.15, -0.1) is 0 Å². The molecule has 0 unspecified atom stereocenters. The average molecular weight is 163 g/mol. The summed E-state index contributed by atoms with van der Waals surface area (Å²) in [4.78, 5) is 13.5. The van der Waals surface area contributed by atoms with Crippen LogP contribution in [-0.4, -0.2) is 23.4 Å². The maximum atomic E-state index is 11.6. The van der Waals surface area contributed by atoms with Gasteiger partial charge in [-0.25, -0.2) is 0 Å². The number of carbonyl (C=O) groups excluding carboxylic acids is 1. The zero-order valence-electron chi connectivity index (χ0n) is 7.23. The van der Waals surface area contributed by atoms with Crippen LogP contribution in [0.15, 0.2) is 24.3 Å². The maximum Gasteiger partial charge on any atom is 0.229 e. The Morgan fingerprint density at radius 1 is 1.42 bits per heavy atom. The van der Waals surface area contributed by atoms with E-state index in [1.165, 1.54) is 0 Å². The molecule has 12 heavy (non-hydrogen) atoms.